The molecule has 1 unspecified atom stereocenters. The number of nitrogens with zero attached hydrogens (tertiary/aromatic N) is 4. The van der Waals surface area contributed by atoms with Gasteiger partial charge in [-0.15, -0.1) is 0 Å². The second-order valence-corrected chi connectivity index (χ2v) is 9.05. The summed E-state index contributed by atoms with van der Waals surface area (Å²) in [5, 5.41) is 0.883. The Hall–Kier alpha value is -1.79. The lowest BCUT2D eigenvalue weighted by molar-refractivity contribution is -0.129. The molecule has 4 rings (SSSR count). The Morgan fingerprint density at radius 3 is 2.61 bits per heavy atom. The molecule has 0 saturated carbocycles. The van der Waals surface area contributed by atoms with Crippen molar-refractivity contribution in [3.05, 3.63) is 41.7 Å². The Bertz CT molecular complexity index is 807. The van der Waals surface area contributed by atoms with E-state index < -0.39 is 0 Å². The van der Waals surface area contributed by atoms with Crippen LogP contribution >= 0.6 is 11.8 Å². The maximum absolute atomic E-state index is 12.9. The molecule has 3 heterocycles. The van der Waals surface area contributed by atoms with Crippen LogP contribution in [0.3, 0.4) is 0 Å². The topological polar surface area (TPSA) is 41.4 Å². The third kappa shape index (κ3) is 4.44. The molecule has 2 aliphatic rings. The van der Waals surface area contributed by atoms with Gasteiger partial charge in [0.2, 0.25) is 5.91 Å². The summed E-state index contributed by atoms with van der Waals surface area (Å²) in [6.45, 7) is 8.56. The van der Waals surface area contributed by atoms with Gasteiger partial charge in [-0.25, -0.2) is 4.98 Å². The Morgan fingerprint density at radius 2 is 1.86 bits per heavy atom. The number of thioether (sulfide) groups is 1. The van der Waals surface area contributed by atoms with Gasteiger partial charge < -0.3 is 9.80 Å². The van der Waals surface area contributed by atoms with Gasteiger partial charge in [-0.2, -0.15) is 0 Å². The van der Waals surface area contributed by atoms with Crippen molar-refractivity contribution in [2.45, 2.75) is 50.7 Å². The minimum absolute atomic E-state index is 0.252. The third-order valence-electron chi connectivity index (χ3n) is 5.78. The molecule has 1 aromatic carbocycles. The van der Waals surface area contributed by atoms with Gasteiger partial charge in [0.1, 0.15) is 0 Å². The van der Waals surface area contributed by atoms with Crippen LogP contribution in [0.25, 0.3) is 5.69 Å². The van der Waals surface area contributed by atoms with E-state index in [1.165, 1.54) is 37.1 Å². The SMILES string of the molecule is Cc1cc(C)cc(-n2ccnc2SCC(=O)N2CCCC2CN2CCCC2)c1. The molecule has 0 aliphatic carbocycles. The molecule has 2 saturated heterocycles. The van der Waals surface area contributed by atoms with Crippen molar-refractivity contribution >= 4 is 17.7 Å². The molecule has 0 bridgehead atoms. The summed E-state index contributed by atoms with van der Waals surface area (Å²) >= 11 is 1.55. The van der Waals surface area contributed by atoms with Crippen LogP contribution in [0.4, 0.5) is 0 Å². The van der Waals surface area contributed by atoms with Crippen molar-refractivity contribution in [2.75, 3.05) is 31.9 Å². The van der Waals surface area contributed by atoms with Crippen molar-refractivity contribution in [1.82, 2.24) is 19.4 Å². The molecule has 2 fully saturated rings. The van der Waals surface area contributed by atoms with E-state index in [0.717, 1.165) is 36.8 Å². The number of aromatic nitrogens is 2. The van der Waals surface area contributed by atoms with Crippen LogP contribution in [0.15, 0.2) is 35.7 Å². The van der Waals surface area contributed by atoms with Crippen molar-refractivity contribution in [3.8, 4) is 5.69 Å². The molecule has 2 aromatic rings. The Kier molecular flexibility index (Phi) is 6.07. The fourth-order valence-corrected chi connectivity index (χ4v) is 5.37. The van der Waals surface area contributed by atoms with Gasteiger partial charge in [-0.3, -0.25) is 9.36 Å². The van der Waals surface area contributed by atoms with Crippen molar-refractivity contribution < 1.29 is 4.79 Å². The van der Waals surface area contributed by atoms with Crippen LogP contribution in [0.1, 0.15) is 36.8 Å². The highest BCUT2D eigenvalue weighted by Crippen LogP contribution is 2.25. The van der Waals surface area contributed by atoms with Crippen molar-refractivity contribution in [2.24, 2.45) is 0 Å². The molecule has 28 heavy (non-hydrogen) atoms. The predicted molar refractivity (Wildman–Crippen MR) is 114 cm³/mol. The van der Waals surface area contributed by atoms with Crippen LogP contribution in [0.2, 0.25) is 0 Å². The van der Waals surface area contributed by atoms with E-state index in [2.05, 4.69) is 51.4 Å². The van der Waals surface area contributed by atoms with E-state index in [0.29, 0.717) is 11.8 Å². The zero-order valence-corrected chi connectivity index (χ0v) is 17.7. The molecule has 0 spiro atoms. The second kappa shape index (κ2) is 8.70. The summed E-state index contributed by atoms with van der Waals surface area (Å²) in [4.78, 5) is 22.1. The summed E-state index contributed by atoms with van der Waals surface area (Å²) in [6.07, 6.45) is 8.68. The maximum atomic E-state index is 12.9. The summed E-state index contributed by atoms with van der Waals surface area (Å²) in [5.41, 5.74) is 3.58. The molecule has 5 nitrogen and oxygen atoms in total. The largest absolute Gasteiger partial charge is 0.338 e. The minimum atomic E-state index is 0.252. The van der Waals surface area contributed by atoms with E-state index in [1.54, 1.807) is 11.8 Å². The Labute approximate surface area is 172 Å². The monoisotopic (exact) mass is 398 g/mol. The first-order chi connectivity index (χ1) is 13.6. The zero-order chi connectivity index (χ0) is 19.5. The Balaban J connectivity index is 1.39. The summed E-state index contributed by atoms with van der Waals surface area (Å²) in [7, 11) is 0. The van der Waals surface area contributed by atoms with Crippen LogP contribution in [-0.2, 0) is 4.79 Å². The molecule has 6 heteroatoms. The summed E-state index contributed by atoms with van der Waals surface area (Å²) < 4.78 is 2.09. The van der Waals surface area contributed by atoms with Gasteiger partial charge >= 0.3 is 0 Å². The maximum Gasteiger partial charge on any atom is 0.233 e. The molecule has 0 N–H and O–H groups in total. The highest BCUT2D eigenvalue weighted by atomic mass is 32.2. The molecule has 1 amide bonds. The number of aryl methyl sites for hydroxylation is 2. The smallest absolute Gasteiger partial charge is 0.233 e. The summed E-state index contributed by atoms with van der Waals surface area (Å²) in [6, 6.07) is 6.88. The van der Waals surface area contributed by atoms with Crippen LogP contribution < -0.4 is 0 Å². The second-order valence-electron chi connectivity index (χ2n) is 8.11. The van der Waals surface area contributed by atoms with Gasteiger partial charge in [-0.05, 0) is 75.9 Å². The standard InChI is InChI=1S/C22H30N4OS/c1-17-12-18(2)14-20(13-17)26-11-7-23-22(26)28-16-21(27)25-10-5-6-19(25)15-24-8-3-4-9-24/h7,11-14,19H,3-6,8-10,15-16H2,1-2H3. The number of likely N-dealkylation sites (tertiary alicyclic amines) is 2. The van der Waals surface area contributed by atoms with E-state index in [4.69, 9.17) is 0 Å². The first-order valence-electron chi connectivity index (χ1n) is 10.4. The van der Waals surface area contributed by atoms with Gasteiger partial charge in [0.15, 0.2) is 5.16 Å². The van der Waals surface area contributed by atoms with Crippen molar-refractivity contribution in [1.29, 1.82) is 0 Å². The number of hydrogen-bond donors (Lipinski definition) is 0. The fourth-order valence-electron chi connectivity index (χ4n) is 4.51. The van der Waals surface area contributed by atoms with Gasteiger partial charge in [0.25, 0.3) is 0 Å². The average molecular weight is 399 g/mol. The number of carbonyl (C=O) groups excluding carboxylic acids is 1. The minimum Gasteiger partial charge on any atom is -0.338 e. The first-order valence-corrected chi connectivity index (χ1v) is 11.4. The number of hydrogen-bond acceptors (Lipinski definition) is 4. The molecular formula is C22H30N4OS. The fraction of sp³-hybridized carbons (Fsp3) is 0.545. The quantitative estimate of drug-likeness (QED) is 0.696. The number of benzene rings is 1. The lowest BCUT2D eigenvalue weighted by Gasteiger charge is -2.28. The van der Waals surface area contributed by atoms with Crippen molar-refractivity contribution in [3.63, 3.8) is 0 Å². The molecule has 1 aromatic heterocycles. The highest BCUT2D eigenvalue weighted by molar-refractivity contribution is 7.99. The third-order valence-corrected chi connectivity index (χ3v) is 6.73. The molecule has 150 valence electrons. The normalized spacial score (nSPS) is 20.2. The van der Waals surface area contributed by atoms with E-state index in [1.807, 2.05) is 12.4 Å². The van der Waals surface area contributed by atoms with Gasteiger partial charge in [0.05, 0.1) is 5.75 Å². The molecule has 1 atom stereocenters. The van der Waals surface area contributed by atoms with Gasteiger partial charge in [-0.1, -0.05) is 17.8 Å². The predicted octanol–water partition coefficient (Wildman–Crippen LogP) is 3.67. The number of imidazole rings is 1. The number of carbonyl (C=O) groups is 1. The highest BCUT2D eigenvalue weighted by Gasteiger charge is 2.30. The zero-order valence-electron chi connectivity index (χ0n) is 16.9. The van der Waals surface area contributed by atoms with Crippen LogP contribution in [-0.4, -0.2) is 63.2 Å². The molecule has 0 radical (unpaired) electrons. The first kappa shape index (κ1) is 19.5. The van der Waals surface area contributed by atoms with E-state index in [9.17, 15) is 4.79 Å². The number of amides is 1. The molecule has 2 aliphatic heterocycles. The van der Waals surface area contributed by atoms with Crippen LogP contribution in [0.5, 0.6) is 0 Å². The lowest BCUT2D eigenvalue weighted by Crippen LogP contribution is -2.43. The Morgan fingerprint density at radius 1 is 1.11 bits per heavy atom. The number of rotatable bonds is 6. The van der Waals surface area contributed by atoms with Gasteiger partial charge in [0, 0.05) is 37.2 Å². The molecular weight excluding hydrogens is 368 g/mol. The average Bonchev–Trinajstić information content (AvgIpc) is 3.41. The summed E-state index contributed by atoms with van der Waals surface area (Å²) in [5.74, 6) is 0.708. The van der Waals surface area contributed by atoms with E-state index in [-0.39, 0.29) is 5.91 Å². The van der Waals surface area contributed by atoms with Crippen LogP contribution in [0, 0.1) is 13.8 Å². The van der Waals surface area contributed by atoms with E-state index >= 15 is 0 Å². The lowest BCUT2D eigenvalue weighted by atomic mass is 10.1.